The number of fused-ring (bicyclic) bond motifs is 2. The fraction of sp³-hybridized carbons (Fsp3) is 0.769. The maximum atomic E-state index is 13.2. The molecule has 35 heavy (non-hydrogen) atoms. The number of halogens is 1. The van der Waals surface area contributed by atoms with Crippen molar-refractivity contribution in [3.05, 3.63) is 11.2 Å². The molecule has 1 aromatic rings. The van der Waals surface area contributed by atoms with Gasteiger partial charge in [0, 0.05) is 50.7 Å². The fourth-order valence-corrected chi connectivity index (χ4v) is 7.55. The van der Waals surface area contributed by atoms with E-state index >= 15 is 0 Å². The van der Waals surface area contributed by atoms with Crippen LogP contribution in [0.4, 0.5) is 5.82 Å². The van der Waals surface area contributed by atoms with Crippen molar-refractivity contribution in [2.75, 3.05) is 36.8 Å². The number of hydrogen-bond donors (Lipinski definition) is 0. The average molecular weight is 522 g/mol. The lowest BCUT2D eigenvalue weighted by molar-refractivity contribution is -0.133. The number of rotatable bonds is 7. The highest BCUT2D eigenvalue weighted by atomic mass is 35.5. The van der Waals surface area contributed by atoms with Crippen molar-refractivity contribution in [1.82, 2.24) is 19.8 Å². The van der Waals surface area contributed by atoms with Gasteiger partial charge in [0.2, 0.25) is 11.8 Å². The van der Waals surface area contributed by atoms with E-state index in [-0.39, 0.29) is 28.7 Å². The molecule has 2 saturated heterocycles. The van der Waals surface area contributed by atoms with Gasteiger partial charge in [-0.2, -0.15) is 0 Å². The number of nitrogens with zero attached hydrogens (tertiary/aromatic N) is 5. The summed E-state index contributed by atoms with van der Waals surface area (Å²) in [5.74, 6) is 1.49. The first-order chi connectivity index (χ1) is 16.5. The van der Waals surface area contributed by atoms with Crippen molar-refractivity contribution in [2.45, 2.75) is 90.4 Å². The summed E-state index contributed by atoms with van der Waals surface area (Å²) in [5.41, 5.74) is 0.510. The van der Waals surface area contributed by atoms with Crippen LogP contribution < -0.4 is 4.90 Å². The van der Waals surface area contributed by atoms with Crippen molar-refractivity contribution in [3.63, 3.8) is 0 Å². The van der Waals surface area contributed by atoms with E-state index < -0.39 is 0 Å². The van der Waals surface area contributed by atoms with Gasteiger partial charge in [0.05, 0.1) is 5.75 Å². The van der Waals surface area contributed by atoms with E-state index in [2.05, 4.69) is 49.4 Å². The Bertz CT molecular complexity index is 960. The number of likely N-dealkylation sites (tertiary alicyclic amines) is 1. The van der Waals surface area contributed by atoms with E-state index in [4.69, 9.17) is 16.6 Å². The average Bonchev–Trinajstić information content (AvgIpc) is 3.03. The van der Waals surface area contributed by atoms with Crippen molar-refractivity contribution in [3.8, 4) is 0 Å². The van der Waals surface area contributed by atoms with E-state index in [1.54, 1.807) is 6.07 Å². The molecule has 0 radical (unpaired) electrons. The molecule has 1 aliphatic carbocycles. The monoisotopic (exact) mass is 521 g/mol. The molecule has 194 valence electrons. The Morgan fingerprint density at radius 1 is 1.14 bits per heavy atom. The van der Waals surface area contributed by atoms with E-state index in [1.165, 1.54) is 18.2 Å². The molecule has 0 N–H and O–H groups in total. The van der Waals surface area contributed by atoms with E-state index in [1.807, 2.05) is 4.90 Å². The molecule has 4 rings (SSSR count). The molecule has 1 aromatic heterocycles. The molecule has 2 amide bonds. The highest BCUT2D eigenvalue weighted by Crippen LogP contribution is 2.52. The van der Waals surface area contributed by atoms with E-state index in [0.29, 0.717) is 48.2 Å². The zero-order chi connectivity index (χ0) is 25.4. The summed E-state index contributed by atoms with van der Waals surface area (Å²) in [7, 11) is 0. The molecule has 3 unspecified atom stereocenters. The van der Waals surface area contributed by atoms with Gasteiger partial charge in [0.1, 0.15) is 11.0 Å². The third-order valence-electron chi connectivity index (χ3n) is 7.74. The summed E-state index contributed by atoms with van der Waals surface area (Å²) < 4.78 is 0. The Morgan fingerprint density at radius 2 is 1.91 bits per heavy atom. The minimum Gasteiger partial charge on any atom is -0.353 e. The first kappa shape index (κ1) is 26.5. The normalized spacial score (nSPS) is 27.9. The molecule has 2 bridgehead atoms. The Balaban J connectivity index is 1.36. The van der Waals surface area contributed by atoms with Gasteiger partial charge in [0.25, 0.3) is 0 Å². The number of carbonyl (C=O) groups excluding carboxylic acids is 2. The Hall–Kier alpha value is -1.54. The summed E-state index contributed by atoms with van der Waals surface area (Å²) in [4.78, 5) is 41.1. The molecular weight excluding hydrogens is 482 g/mol. The number of hydrogen-bond acceptors (Lipinski definition) is 6. The zero-order valence-corrected chi connectivity index (χ0v) is 23.4. The van der Waals surface area contributed by atoms with E-state index in [9.17, 15) is 9.59 Å². The van der Waals surface area contributed by atoms with Gasteiger partial charge in [-0.25, -0.2) is 9.97 Å². The molecule has 3 atom stereocenters. The summed E-state index contributed by atoms with van der Waals surface area (Å²) in [6.45, 7) is 14.1. The Morgan fingerprint density at radius 3 is 2.63 bits per heavy atom. The van der Waals surface area contributed by atoms with Crippen LogP contribution in [0.5, 0.6) is 0 Å². The van der Waals surface area contributed by atoms with Gasteiger partial charge in [0.15, 0.2) is 5.16 Å². The quantitative estimate of drug-likeness (QED) is 0.289. The van der Waals surface area contributed by atoms with Crippen molar-refractivity contribution >= 4 is 41.0 Å². The highest BCUT2D eigenvalue weighted by molar-refractivity contribution is 7.99. The highest BCUT2D eigenvalue weighted by Gasteiger charge is 2.50. The summed E-state index contributed by atoms with van der Waals surface area (Å²) >= 11 is 7.72. The topological polar surface area (TPSA) is 69.6 Å². The zero-order valence-electron chi connectivity index (χ0n) is 21.8. The van der Waals surface area contributed by atoms with Gasteiger partial charge in [-0.05, 0) is 43.4 Å². The minimum atomic E-state index is 0.111. The number of carbonyl (C=O) groups is 2. The standard InChI is InChI=1S/C26H40ClN5O2S/c1-6-7-8-22(33)31-10-9-30(14-18(31)2)21-11-20(27)28-24(29-21)35-15-23(34)32-17-26(5)13-19(32)12-25(3,4)16-26/h11,18-19H,6-10,12-17H2,1-5H3. The first-order valence-corrected chi connectivity index (χ1v) is 14.4. The second kappa shape index (κ2) is 10.4. The SMILES string of the molecule is CCCCC(=O)N1CCN(c2cc(Cl)nc(SCC(=O)N3CC4(C)CC3CC(C)(C)C4)n2)CC1C. The van der Waals surface area contributed by atoms with Crippen LogP contribution in [0, 0.1) is 10.8 Å². The molecule has 3 aliphatic rings. The molecule has 7 nitrogen and oxygen atoms in total. The predicted molar refractivity (Wildman–Crippen MR) is 142 cm³/mol. The van der Waals surface area contributed by atoms with Crippen LogP contribution in [0.25, 0.3) is 0 Å². The van der Waals surface area contributed by atoms with Gasteiger partial charge in [-0.1, -0.05) is 57.5 Å². The Kier molecular flexibility index (Phi) is 7.91. The molecule has 0 spiro atoms. The van der Waals surface area contributed by atoms with Crippen LogP contribution in [0.15, 0.2) is 11.2 Å². The molecule has 2 aliphatic heterocycles. The van der Waals surface area contributed by atoms with Crippen LogP contribution >= 0.6 is 23.4 Å². The van der Waals surface area contributed by atoms with Crippen molar-refractivity contribution in [2.24, 2.45) is 10.8 Å². The number of thioether (sulfide) groups is 1. The second-order valence-electron chi connectivity index (χ2n) is 11.8. The molecule has 3 fully saturated rings. The van der Waals surface area contributed by atoms with Gasteiger partial charge in [-0.3, -0.25) is 9.59 Å². The molecule has 1 saturated carbocycles. The maximum Gasteiger partial charge on any atom is 0.233 e. The first-order valence-electron chi connectivity index (χ1n) is 13.0. The number of amides is 2. The van der Waals surface area contributed by atoms with Crippen LogP contribution in [-0.2, 0) is 9.59 Å². The van der Waals surface area contributed by atoms with Gasteiger partial charge < -0.3 is 14.7 Å². The Labute approximate surface area is 219 Å². The van der Waals surface area contributed by atoms with E-state index in [0.717, 1.165) is 38.0 Å². The number of unbranched alkanes of at least 4 members (excludes halogenated alkanes) is 1. The second-order valence-corrected chi connectivity index (χ2v) is 13.2. The van der Waals surface area contributed by atoms with Crippen LogP contribution in [-0.4, -0.2) is 75.6 Å². The number of piperazine rings is 1. The number of anilines is 1. The lowest BCUT2D eigenvalue weighted by atomic mass is 9.65. The van der Waals surface area contributed by atoms with Crippen LogP contribution in [0.1, 0.15) is 73.1 Å². The molecule has 9 heteroatoms. The van der Waals surface area contributed by atoms with Gasteiger partial charge >= 0.3 is 0 Å². The smallest absolute Gasteiger partial charge is 0.233 e. The predicted octanol–water partition coefficient (Wildman–Crippen LogP) is 4.88. The summed E-state index contributed by atoms with van der Waals surface area (Å²) in [6, 6.07) is 2.23. The molecule has 3 heterocycles. The minimum absolute atomic E-state index is 0.111. The van der Waals surface area contributed by atoms with Crippen LogP contribution in [0.3, 0.4) is 0 Å². The fourth-order valence-electron chi connectivity index (χ4n) is 6.58. The molecular formula is C26H40ClN5O2S. The molecule has 0 aromatic carbocycles. The maximum absolute atomic E-state index is 13.2. The number of aromatic nitrogens is 2. The third kappa shape index (κ3) is 6.24. The van der Waals surface area contributed by atoms with Crippen LogP contribution in [0.2, 0.25) is 5.15 Å². The lowest BCUT2D eigenvalue weighted by Gasteiger charge is -2.40. The summed E-state index contributed by atoms with van der Waals surface area (Å²) in [6.07, 6.45) is 5.92. The van der Waals surface area contributed by atoms with Crippen molar-refractivity contribution in [1.29, 1.82) is 0 Å². The van der Waals surface area contributed by atoms with Gasteiger partial charge in [-0.15, -0.1) is 0 Å². The third-order valence-corrected chi connectivity index (χ3v) is 8.76. The van der Waals surface area contributed by atoms with Crippen molar-refractivity contribution < 1.29 is 9.59 Å². The lowest BCUT2D eigenvalue weighted by Crippen LogP contribution is -2.54. The summed E-state index contributed by atoms with van der Waals surface area (Å²) in [5, 5.41) is 0.911. The largest absolute Gasteiger partial charge is 0.353 e.